The minimum Gasteiger partial charge on any atom is -0.332 e. The van der Waals surface area contributed by atoms with Crippen molar-refractivity contribution in [2.75, 3.05) is 0 Å². The van der Waals surface area contributed by atoms with Gasteiger partial charge in [0.25, 0.3) is 5.91 Å². The second-order valence-electron chi connectivity index (χ2n) is 6.28. The maximum absolute atomic E-state index is 12.9. The lowest BCUT2D eigenvalue weighted by Gasteiger charge is -2.10. The molecule has 0 atom stereocenters. The first-order valence-electron chi connectivity index (χ1n) is 8.73. The fourth-order valence-electron chi connectivity index (χ4n) is 3.07. The number of hydrogen-bond acceptors (Lipinski definition) is 3. The smallest absolute Gasteiger partial charge is 0.288 e. The van der Waals surface area contributed by atoms with Gasteiger partial charge in [-0.05, 0) is 36.1 Å². The highest BCUT2D eigenvalue weighted by Crippen LogP contribution is 2.21. The van der Waals surface area contributed by atoms with Gasteiger partial charge in [0.1, 0.15) is 5.69 Å². The van der Waals surface area contributed by atoms with Crippen LogP contribution in [-0.4, -0.2) is 16.2 Å². The number of para-hydroxylation sites is 1. The average Bonchev–Trinajstić information content (AvgIpc) is 3.36. The number of rotatable bonds is 5. The van der Waals surface area contributed by atoms with E-state index in [2.05, 4.69) is 22.7 Å². The molecule has 0 radical (unpaired) electrons. The van der Waals surface area contributed by atoms with Crippen LogP contribution in [0, 0.1) is 0 Å². The zero-order valence-electron chi connectivity index (χ0n) is 14.9. The van der Waals surface area contributed by atoms with E-state index in [0.717, 1.165) is 27.1 Å². The summed E-state index contributed by atoms with van der Waals surface area (Å²) in [4.78, 5) is 13.9. The Hall–Kier alpha value is -3.18. The summed E-state index contributed by atoms with van der Waals surface area (Å²) in [5.74, 6) is -0.210. The van der Waals surface area contributed by atoms with E-state index in [0.29, 0.717) is 12.2 Å². The average molecular weight is 373 g/mol. The van der Waals surface area contributed by atoms with E-state index < -0.39 is 0 Å². The summed E-state index contributed by atoms with van der Waals surface area (Å²) in [6.07, 6.45) is 0. The summed E-state index contributed by atoms with van der Waals surface area (Å²) >= 11 is 1.60. The van der Waals surface area contributed by atoms with Crippen LogP contribution in [0.15, 0.2) is 83.3 Å². The molecule has 2 aromatic heterocycles. The van der Waals surface area contributed by atoms with Crippen LogP contribution in [0.1, 0.15) is 27.9 Å². The maximum atomic E-state index is 12.9. The van der Waals surface area contributed by atoms with E-state index in [9.17, 15) is 4.79 Å². The molecule has 0 saturated heterocycles. The Morgan fingerprint density at radius 1 is 1.04 bits per heavy atom. The molecule has 0 saturated carbocycles. The SMILES string of the molecule is CC(=NNC(=O)c1cc2ccccc2n1Cc1ccccc1)c1cccs1. The summed E-state index contributed by atoms with van der Waals surface area (Å²) in [5, 5.41) is 7.31. The van der Waals surface area contributed by atoms with Crippen LogP contribution in [0.4, 0.5) is 0 Å². The molecule has 2 heterocycles. The van der Waals surface area contributed by atoms with Gasteiger partial charge in [-0.1, -0.05) is 54.6 Å². The highest BCUT2D eigenvalue weighted by atomic mass is 32.1. The van der Waals surface area contributed by atoms with Crippen LogP contribution in [0.25, 0.3) is 10.9 Å². The van der Waals surface area contributed by atoms with E-state index in [4.69, 9.17) is 0 Å². The molecule has 0 bridgehead atoms. The molecule has 4 rings (SSSR count). The largest absolute Gasteiger partial charge is 0.332 e. The highest BCUT2D eigenvalue weighted by molar-refractivity contribution is 7.12. The van der Waals surface area contributed by atoms with Crippen LogP contribution in [0.3, 0.4) is 0 Å². The first kappa shape index (κ1) is 17.2. The summed E-state index contributed by atoms with van der Waals surface area (Å²) in [6.45, 7) is 2.52. The van der Waals surface area contributed by atoms with Gasteiger partial charge in [-0.3, -0.25) is 4.79 Å². The fraction of sp³-hybridized carbons (Fsp3) is 0.0909. The first-order chi connectivity index (χ1) is 13.2. The number of hydrazone groups is 1. The number of amides is 1. The number of carbonyl (C=O) groups excluding carboxylic acids is 1. The molecule has 1 N–H and O–H groups in total. The Labute approximate surface area is 161 Å². The molecule has 134 valence electrons. The molecule has 27 heavy (non-hydrogen) atoms. The van der Waals surface area contributed by atoms with E-state index in [-0.39, 0.29) is 5.91 Å². The molecule has 0 aliphatic heterocycles. The Bertz CT molecular complexity index is 1100. The van der Waals surface area contributed by atoms with E-state index in [1.165, 1.54) is 0 Å². The van der Waals surface area contributed by atoms with Crippen molar-refractivity contribution in [1.29, 1.82) is 0 Å². The van der Waals surface area contributed by atoms with Crippen molar-refractivity contribution in [3.63, 3.8) is 0 Å². The lowest BCUT2D eigenvalue weighted by atomic mass is 10.2. The molecule has 2 aromatic carbocycles. The van der Waals surface area contributed by atoms with Crippen LogP contribution in [0.2, 0.25) is 0 Å². The summed E-state index contributed by atoms with van der Waals surface area (Å²) in [7, 11) is 0. The van der Waals surface area contributed by atoms with Crippen LogP contribution < -0.4 is 5.43 Å². The van der Waals surface area contributed by atoms with Gasteiger partial charge in [-0.15, -0.1) is 11.3 Å². The summed E-state index contributed by atoms with van der Waals surface area (Å²) in [5.41, 5.74) is 6.28. The topological polar surface area (TPSA) is 46.4 Å². The second-order valence-corrected chi connectivity index (χ2v) is 7.22. The molecule has 0 aliphatic rings. The van der Waals surface area contributed by atoms with Crippen molar-refractivity contribution in [1.82, 2.24) is 9.99 Å². The second kappa shape index (κ2) is 7.60. The third-order valence-corrected chi connectivity index (χ3v) is 5.41. The van der Waals surface area contributed by atoms with Gasteiger partial charge in [0.2, 0.25) is 0 Å². The normalized spacial score (nSPS) is 11.7. The minimum absolute atomic E-state index is 0.210. The van der Waals surface area contributed by atoms with Crippen LogP contribution in [0.5, 0.6) is 0 Å². The third-order valence-electron chi connectivity index (χ3n) is 4.43. The Morgan fingerprint density at radius 2 is 1.81 bits per heavy atom. The number of carbonyl (C=O) groups is 1. The number of benzene rings is 2. The van der Waals surface area contributed by atoms with Gasteiger partial charge < -0.3 is 4.57 Å². The quantitative estimate of drug-likeness (QED) is 0.392. The fourth-order valence-corrected chi connectivity index (χ4v) is 3.74. The highest BCUT2D eigenvalue weighted by Gasteiger charge is 2.15. The van der Waals surface area contributed by atoms with Gasteiger partial charge >= 0.3 is 0 Å². The number of nitrogens with one attached hydrogen (secondary N) is 1. The van der Waals surface area contributed by atoms with Crippen molar-refractivity contribution in [2.45, 2.75) is 13.5 Å². The monoisotopic (exact) mass is 373 g/mol. The number of aromatic nitrogens is 1. The van der Waals surface area contributed by atoms with Crippen molar-refractivity contribution >= 4 is 33.9 Å². The molecule has 0 aliphatic carbocycles. The summed E-state index contributed by atoms with van der Waals surface area (Å²) < 4.78 is 2.04. The lowest BCUT2D eigenvalue weighted by Crippen LogP contribution is -2.22. The molecule has 0 fully saturated rings. The van der Waals surface area contributed by atoms with Crippen LogP contribution >= 0.6 is 11.3 Å². The molecule has 4 aromatic rings. The first-order valence-corrected chi connectivity index (χ1v) is 9.61. The van der Waals surface area contributed by atoms with Gasteiger partial charge in [-0.2, -0.15) is 5.10 Å². The van der Waals surface area contributed by atoms with Crippen molar-refractivity contribution in [3.8, 4) is 0 Å². The van der Waals surface area contributed by atoms with Gasteiger partial charge in [0, 0.05) is 22.3 Å². The van der Waals surface area contributed by atoms with Gasteiger partial charge in [-0.25, -0.2) is 5.43 Å². The van der Waals surface area contributed by atoms with Crippen molar-refractivity contribution in [3.05, 3.63) is 94.3 Å². The number of nitrogens with zero attached hydrogens (tertiary/aromatic N) is 2. The Balaban J connectivity index is 1.67. The number of thiophene rings is 1. The maximum Gasteiger partial charge on any atom is 0.288 e. The zero-order chi connectivity index (χ0) is 18.6. The predicted octanol–water partition coefficient (Wildman–Crippen LogP) is 4.91. The van der Waals surface area contributed by atoms with Crippen molar-refractivity contribution in [2.24, 2.45) is 5.10 Å². The molecular formula is C22H19N3OS. The molecule has 5 heteroatoms. The van der Waals surface area contributed by atoms with E-state index in [1.807, 2.05) is 77.5 Å². The Kier molecular flexibility index (Phi) is 4.85. The molecular weight excluding hydrogens is 354 g/mol. The van der Waals surface area contributed by atoms with E-state index >= 15 is 0 Å². The van der Waals surface area contributed by atoms with Gasteiger partial charge in [0.05, 0.1) is 5.71 Å². The Morgan fingerprint density at radius 3 is 2.59 bits per heavy atom. The molecule has 0 unspecified atom stereocenters. The van der Waals surface area contributed by atoms with Crippen LogP contribution in [-0.2, 0) is 6.54 Å². The number of hydrogen-bond donors (Lipinski definition) is 1. The number of fused-ring (bicyclic) bond motifs is 1. The standard InChI is InChI=1S/C22H19N3OS/c1-16(21-12-7-13-27-21)23-24-22(26)20-14-18-10-5-6-11-19(18)25(20)15-17-8-3-2-4-9-17/h2-14H,15H2,1H3,(H,24,26). The summed E-state index contributed by atoms with van der Waals surface area (Å²) in [6, 6.07) is 24.1. The molecule has 0 spiro atoms. The predicted molar refractivity (Wildman–Crippen MR) is 111 cm³/mol. The molecule has 4 nitrogen and oxygen atoms in total. The van der Waals surface area contributed by atoms with E-state index in [1.54, 1.807) is 11.3 Å². The third kappa shape index (κ3) is 3.68. The van der Waals surface area contributed by atoms with Crippen molar-refractivity contribution < 1.29 is 4.79 Å². The van der Waals surface area contributed by atoms with Gasteiger partial charge in [0.15, 0.2) is 0 Å². The zero-order valence-corrected chi connectivity index (χ0v) is 15.7. The minimum atomic E-state index is -0.210. The molecule has 1 amide bonds. The lowest BCUT2D eigenvalue weighted by molar-refractivity contribution is 0.0946.